The summed E-state index contributed by atoms with van der Waals surface area (Å²) in [6.45, 7) is 0. The highest BCUT2D eigenvalue weighted by Gasteiger charge is 2.08. The molecule has 0 aromatic carbocycles. The molecule has 0 atom stereocenters. The van der Waals surface area contributed by atoms with E-state index < -0.39 is 5.97 Å². The Morgan fingerprint density at radius 3 is 2.60 bits per heavy atom. The number of carboxylic acid groups (broad SMARTS) is 1. The average Bonchev–Trinajstić information content (AvgIpc) is 2.13. The van der Waals surface area contributed by atoms with Gasteiger partial charge in [0.25, 0.3) is 0 Å². The number of rotatable bonds is 1. The Morgan fingerprint density at radius 2 is 2.40 bits per heavy atom. The maximum absolute atomic E-state index is 10.4. The van der Waals surface area contributed by atoms with Crippen LogP contribution in [0.25, 0.3) is 0 Å². The zero-order chi connectivity index (χ0) is 7.72. The monoisotopic (exact) mass is 332 g/mol. The van der Waals surface area contributed by atoms with Crippen molar-refractivity contribution < 1.29 is 9.90 Å². The highest BCUT2D eigenvalue weighted by atomic mass is 127. The summed E-state index contributed by atoms with van der Waals surface area (Å²) >= 11 is 6.57. The molecule has 0 aliphatic heterocycles. The molecular formula is C5H2BrIO2S. The summed E-state index contributed by atoms with van der Waals surface area (Å²) in [6, 6.07) is 1.61. The second-order valence-electron chi connectivity index (χ2n) is 1.54. The third-order valence-electron chi connectivity index (χ3n) is 0.856. The van der Waals surface area contributed by atoms with Gasteiger partial charge in [0.2, 0.25) is 0 Å². The van der Waals surface area contributed by atoms with Crippen LogP contribution in [-0.4, -0.2) is 11.1 Å². The topological polar surface area (TPSA) is 37.3 Å². The minimum absolute atomic E-state index is 0.372. The van der Waals surface area contributed by atoms with Crippen molar-refractivity contribution in [2.24, 2.45) is 0 Å². The van der Waals surface area contributed by atoms with E-state index in [0.717, 1.165) is 7.36 Å². The van der Waals surface area contributed by atoms with Crippen LogP contribution in [0, 0.1) is 2.88 Å². The second-order valence-corrected chi connectivity index (χ2v) is 5.25. The lowest BCUT2D eigenvalue weighted by atomic mass is 10.5. The molecule has 0 radical (unpaired) electrons. The Morgan fingerprint density at radius 1 is 1.80 bits per heavy atom. The molecule has 54 valence electrons. The summed E-state index contributed by atoms with van der Waals surface area (Å²) in [6.07, 6.45) is 0. The van der Waals surface area contributed by atoms with Crippen molar-refractivity contribution in [1.82, 2.24) is 0 Å². The van der Waals surface area contributed by atoms with Crippen molar-refractivity contribution in [3.05, 3.63) is 18.3 Å². The molecule has 1 rings (SSSR count). The molecular weight excluding hydrogens is 331 g/mol. The molecule has 0 aliphatic carbocycles. The number of thiophene rings is 1. The molecule has 0 bridgehead atoms. The minimum Gasteiger partial charge on any atom is -0.477 e. The van der Waals surface area contributed by atoms with Crippen LogP contribution in [0.1, 0.15) is 9.67 Å². The number of carboxylic acids is 1. The van der Waals surface area contributed by atoms with Crippen molar-refractivity contribution in [3.63, 3.8) is 0 Å². The molecule has 10 heavy (non-hydrogen) atoms. The predicted molar refractivity (Wildman–Crippen MR) is 51.7 cm³/mol. The van der Waals surface area contributed by atoms with Gasteiger partial charge in [-0.15, -0.1) is 11.3 Å². The first-order valence-electron chi connectivity index (χ1n) is 2.29. The molecule has 1 aromatic rings. The fraction of sp³-hybridized carbons (Fsp3) is 0. The van der Waals surface area contributed by atoms with Crippen LogP contribution >= 0.6 is 49.9 Å². The Hall–Kier alpha value is 0.380. The van der Waals surface area contributed by atoms with Crippen molar-refractivity contribution >= 4 is 55.8 Å². The first-order valence-corrected chi connectivity index (χ1v) is 4.98. The summed E-state index contributed by atoms with van der Waals surface area (Å²) in [5, 5.41) is 8.51. The van der Waals surface area contributed by atoms with Gasteiger partial charge in [-0.3, -0.25) is 0 Å². The summed E-state index contributed by atoms with van der Waals surface area (Å²) in [5.74, 6) is -0.867. The van der Waals surface area contributed by atoms with Crippen molar-refractivity contribution in [3.8, 4) is 0 Å². The van der Waals surface area contributed by atoms with Crippen LogP contribution in [-0.2, 0) is 0 Å². The number of aromatic carboxylic acids is 1. The number of hydrogen-bond acceptors (Lipinski definition) is 2. The third-order valence-corrected chi connectivity index (χ3v) is 4.64. The van der Waals surface area contributed by atoms with Crippen LogP contribution < -0.4 is 0 Å². The molecule has 0 aliphatic rings. The third kappa shape index (κ3) is 1.70. The van der Waals surface area contributed by atoms with Crippen LogP contribution in [0.5, 0.6) is 0 Å². The smallest absolute Gasteiger partial charge is 0.345 e. The molecule has 2 nitrogen and oxygen atoms in total. The van der Waals surface area contributed by atoms with Crippen molar-refractivity contribution in [2.45, 2.75) is 0 Å². The molecule has 1 N–H and O–H groups in total. The molecule has 0 spiro atoms. The molecule has 1 aromatic heterocycles. The molecule has 0 saturated carbocycles. The quantitative estimate of drug-likeness (QED) is 0.803. The average molecular weight is 333 g/mol. The largest absolute Gasteiger partial charge is 0.477 e. The van der Waals surface area contributed by atoms with E-state index in [9.17, 15) is 4.79 Å². The van der Waals surface area contributed by atoms with E-state index in [-0.39, 0.29) is 0 Å². The lowest BCUT2D eigenvalue weighted by Crippen LogP contribution is -1.89. The lowest BCUT2D eigenvalue weighted by molar-refractivity contribution is 0.0702. The maximum Gasteiger partial charge on any atom is 0.345 e. The van der Waals surface area contributed by atoms with Gasteiger partial charge in [-0.2, -0.15) is 0 Å². The first kappa shape index (κ1) is 8.48. The van der Waals surface area contributed by atoms with E-state index in [1.807, 2.05) is 0 Å². The number of carbonyl (C=O) groups is 1. The van der Waals surface area contributed by atoms with Gasteiger partial charge in [-0.1, -0.05) is 0 Å². The van der Waals surface area contributed by atoms with Gasteiger partial charge in [0.15, 0.2) is 0 Å². The van der Waals surface area contributed by atoms with E-state index in [0.29, 0.717) is 4.88 Å². The van der Waals surface area contributed by atoms with Gasteiger partial charge < -0.3 is 5.11 Å². The molecule has 0 saturated heterocycles. The lowest BCUT2D eigenvalue weighted by Gasteiger charge is -1.79. The van der Waals surface area contributed by atoms with E-state index in [2.05, 4.69) is 38.5 Å². The Balaban J connectivity index is 3.10. The van der Waals surface area contributed by atoms with Crippen LogP contribution in [0.2, 0.25) is 0 Å². The standard InChI is InChI=1S/C5H2BrIO2S/c6-2-1-3(5(8)9)10-4(2)7/h1H,(H,8,9). The van der Waals surface area contributed by atoms with Gasteiger partial charge in [-0.25, -0.2) is 4.79 Å². The van der Waals surface area contributed by atoms with Gasteiger partial charge in [0.05, 0.1) is 2.88 Å². The molecule has 0 fully saturated rings. The van der Waals surface area contributed by atoms with Crippen molar-refractivity contribution in [2.75, 3.05) is 0 Å². The first-order chi connectivity index (χ1) is 4.61. The van der Waals surface area contributed by atoms with Gasteiger partial charge in [-0.05, 0) is 44.6 Å². The van der Waals surface area contributed by atoms with Gasteiger partial charge in [0.1, 0.15) is 4.88 Å². The van der Waals surface area contributed by atoms with E-state index in [4.69, 9.17) is 5.11 Å². The Labute approximate surface area is 83.5 Å². The number of halogens is 2. The highest BCUT2D eigenvalue weighted by Crippen LogP contribution is 2.28. The van der Waals surface area contributed by atoms with E-state index >= 15 is 0 Å². The summed E-state index contributed by atoms with van der Waals surface area (Å²) in [4.78, 5) is 10.7. The Kier molecular flexibility index (Phi) is 2.70. The highest BCUT2D eigenvalue weighted by molar-refractivity contribution is 14.1. The number of hydrogen-bond donors (Lipinski definition) is 1. The van der Waals surface area contributed by atoms with E-state index in [1.165, 1.54) is 11.3 Å². The Bertz CT molecular complexity index is 251. The van der Waals surface area contributed by atoms with Gasteiger partial charge in [0, 0.05) is 4.47 Å². The maximum atomic E-state index is 10.4. The molecule has 0 unspecified atom stereocenters. The zero-order valence-electron chi connectivity index (χ0n) is 4.60. The van der Waals surface area contributed by atoms with Gasteiger partial charge >= 0.3 is 5.97 Å². The summed E-state index contributed by atoms with van der Waals surface area (Å²) in [5.41, 5.74) is 0. The van der Waals surface area contributed by atoms with Crippen LogP contribution in [0.15, 0.2) is 10.5 Å². The van der Waals surface area contributed by atoms with Crippen molar-refractivity contribution in [1.29, 1.82) is 0 Å². The van der Waals surface area contributed by atoms with Crippen LogP contribution in [0.4, 0.5) is 0 Å². The fourth-order valence-corrected chi connectivity index (χ4v) is 2.56. The minimum atomic E-state index is -0.867. The SMILES string of the molecule is O=C(O)c1cc(Br)c(I)s1. The summed E-state index contributed by atoms with van der Waals surface area (Å²) < 4.78 is 1.82. The van der Waals surface area contributed by atoms with E-state index in [1.54, 1.807) is 6.07 Å². The summed E-state index contributed by atoms with van der Waals surface area (Å²) in [7, 11) is 0. The normalized spacial score (nSPS) is 9.80. The molecule has 1 heterocycles. The second kappa shape index (κ2) is 3.19. The zero-order valence-corrected chi connectivity index (χ0v) is 9.16. The van der Waals surface area contributed by atoms with Crippen LogP contribution in [0.3, 0.4) is 0 Å². The molecule has 0 amide bonds. The molecule has 5 heteroatoms. The predicted octanol–water partition coefficient (Wildman–Crippen LogP) is 2.81. The fourth-order valence-electron chi connectivity index (χ4n) is 0.452.